The van der Waals surface area contributed by atoms with Crippen LogP contribution in [-0.2, 0) is 31.5 Å². The zero-order chi connectivity index (χ0) is 27.0. The van der Waals surface area contributed by atoms with Crippen LogP contribution in [0.2, 0.25) is 0 Å². The van der Waals surface area contributed by atoms with E-state index in [0.29, 0.717) is 0 Å². The maximum atomic E-state index is 9.96. The van der Waals surface area contributed by atoms with E-state index < -0.39 is 92.7 Å². The summed E-state index contributed by atoms with van der Waals surface area (Å²) in [5.74, 6) is -5.19. The Labute approximate surface area is 219 Å². The summed E-state index contributed by atoms with van der Waals surface area (Å²) in [6.45, 7) is -2.43. The van der Waals surface area contributed by atoms with Crippen molar-refractivity contribution >= 4 is 17.9 Å². The molecule has 0 aromatic carbocycles. The Morgan fingerprint density at radius 1 is 0.543 bits per heavy atom. The van der Waals surface area contributed by atoms with Crippen LogP contribution in [-0.4, -0.2) is 164 Å². The first-order valence-corrected chi connectivity index (χ1v) is 8.63. The Morgan fingerprint density at radius 2 is 0.743 bits per heavy atom. The molecular formula is C15H29CuLiO18. The van der Waals surface area contributed by atoms with Crippen LogP contribution in [0.5, 0.6) is 0 Å². The minimum Gasteiger partial charge on any atom is -0.547 e. The van der Waals surface area contributed by atoms with Gasteiger partial charge in [0.15, 0.2) is 12.2 Å². The van der Waals surface area contributed by atoms with Gasteiger partial charge in [0.2, 0.25) is 0 Å². The van der Waals surface area contributed by atoms with E-state index in [9.17, 15) is 19.5 Å². The van der Waals surface area contributed by atoms with Gasteiger partial charge >= 0.3 is 30.8 Å². The average Bonchev–Trinajstić information content (AvgIpc) is 2.79. The third kappa shape index (κ3) is 18.9. The molecule has 20 heteroatoms. The van der Waals surface area contributed by atoms with Crippen LogP contribution in [0.15, 0.2) is 0 Å². The van der Waals surface area contributed by atoms with Gasteiger partial charge in [-0.3, -0.25) is 0 Å². The van der Waals surface area contributed by atoms with E-state index in [1.807, 2.05) is 0 Å². The molecule has 0 heterocycles. The van der Waals surface area contributed by atoms with E-state index >= 15 is 0 Å². The minimum atomic E-state index is -2.18. The molecule has 0 unspecified atom stereocenters. The molecule has 0 amide bonds. The predicted octanol–water partition coefficient (Wildman–Crippen LogP) is -12.9. The summed E-state index contributed by atoms with van der Waals surface area (Å²) >= 11 is 0. The third-order valence-corrected chi connectivity index (χ3v) is 3.46. The van der Waals surface area contributed by atoms with E-state index in [4.69, 9.17) is 71.5 Å². The molecule has 0 aliphatic heterocycles. The van der Waals surface area contributed by atoms with Crippen LogP contribution in [0.1, 0.15) is 0 Å². The monoisotopic (exact) mass is 567 g/mol. The number of aliphatic hydroxyl groups is 12. The minimum absolute atomic E-state index is 0. The number of hydrogen-bond acceptors (Lipinski definition) is 16. The second-order valence-electron chi connectivity index (χ2n) is 6.05. The molecule has 0 aromatic rings. The van der Waals surface area contributed by atoms with Gasteiger partial charge < -0.3 is 81.4 Å². The van der Waals surface area contributed by atoms with Crippen LogP contribution < -0.4 is 24.0 Å². The van der Waals surface area contributed by atoms with Gasteiger partial charge in [0.05, 0.1) is 25.8 Å². The fourth-order valence-corrected chi connectivity index (χ4v) is 1.39. The van der Waals surface area contributed by atoms with E-state index in [1.165, 1.54) is 0 Å². The second kappa shape index (κ2) is 23.4. The number of carboxylic acids is 3. The van der Waals surface area contributed by atoms with Gasteiger partial charge in [-0.05, 0) is 0 Å². The van der Waals surface area contributed by atoms with Gasteiger partial charge in [0.25, 0.3) is 0 Å². The number of aliphatic hydroxyl groups excluding tert-OH is 12. The van der Waals surface area contributed by atoms with Gasteiger partial charge in [0, 0.05) is 17.1 Å². The van der Waals surface area contributed by atoms with E-state index in [0.717, 1.165) is 0 Å². The van der Waals surface area contributed by atoms with Gasteiger partial charge in [-0.2, -0.15) is 0 Å². The zero-order valence-electron chi connectivity index (χ0n) is 18.0. The van der Waals surface area contributed by atoms with Crippen molar-refractivity contribution in [2.45, 2.75) is 54.9 Å². The molecule has 18 nitrogen and oxygen atoms in total. The molecule has 0 aliphatic carbocycles. The smallest absolute Gasteiger partial charge is 0.547 e. The SMILES string of the molecule is O=C(O)[C@H](O)[C@@H](O)[C@H](O)CO.O=C(O)[C@H](O)[C@@H](O)[C@H](O)CO.O=C([O-])[C@H](O)[C@@H](O)[C@H](O)CO.[Cu].[Li+]. The summed E-state index contributed by atoms with van der Waals surface area (Å²) in [4.78, 5) is 29.8. The number of carbonyl (C=O) groups is 3. The molecule has 0 rings (SSSR count). The number of carboxylic acid groups (broad SMARTS) is 3. The van der Waals surface area contributed by atoms with Gasteiger partial charge in [-0.1, -0.05) is 0 Å². The summed E-state index contributed by atoms with van der Waals surface area (Å²) in [5.41, 5.74) is 0. The largest absolute Gasteiger partial charge is 1.00 e. The third-order valence-electron chi connectivity index (χ3n) is 3.46. The molecular weight excluding hydrogens is 539 g/mol. The Kier molecular flexibility index (Phi) is 29.5. The summed E-state index contributed by atoms with van der Waals surface area (Å²) < 4.78 is 0. The van der Waals surface area contributed by atoms with Crippen molar-refractivity contribution < 1.29 is 127 Å². The molecule has 209 valence electrons. The van der Waals surface area contributed by atoms with Crippen molar-refractivity contribution in [1.29, 1.82) is 0 Å². The van der Waals surface area contributed by atoms with Crippen LogP contribution in [0.25, 0.3) is 0 Å². The van der Waals surface area contributed by atoms with E-state index in [2.05, 4.69) is 0 Å². The first-order chi connectivity index (χ1) is 15.0. The molecule has 0 saturated heterocycles. The normalized spacial score (nSPS) is 17.8. The van der Waals surface area contributed by atoms with Crippen LogP contribution in [0.3, 0.4) is 0 Å². The molecule has 0 aromatic heterocycles. The predicted molar refractivity (Wildman–Crippen MR) is 95.6 cm³/mol. The van der Waals surface area contributed by atoms with Crippen molar-refractivity contribution in [2.24, 2.45) is 0 Å². The molecule has 0 bridgehead atoms. The fraction of sp³-hybridized carbons (Fsp3) is 0.800. The molecule has 0 spiro atoms. The van der Waals surface area contributed by atoms with Crippen molar-refractivity contribution in [3.8, 4) is 0 Å². The standard InChI is InChI=1S/3C5H10O6.Cu.Li/c3*6-1-2(7)3(8)4(9)5(10)11;;/h3*2-4,6-9H,1H2,(H,10,11);;/q;;;;+1/p-1/t3*2-,3+,4-;;/m111../s1. The van der Waals surface area contributed by atoms with Crippen molar-refractivity contribution in [1.82, 2.24) is 0 Å². The van der Waals surface area contributed by atoms with Crippen molar-refractivity contribution in [2.75, 3.05) is 19.8 Å². The Balaban J connectivity index is -0.000000125. The molecule has 35 heavy (non-hydrogen) atoms. The zero-order valence-corrected chi connectivity index (χ0v) is 19.0. The van der Waals surface area contributed by atoms with Crippen molar-refractivity contribution in [3.63, 3.8) is 0 Å². The maximum absolute atomic E-state index is 9.96. The molecule has 14 N–H and O–H groups in total. The molecule has 1 radical (unpaired) electrons. The quantitative estimate of drug-likeness (QED) is 0.0972. The number of carbonyl (C=O) groups excluding carboxylic acids is 1. The fourth-order valence-electron chi connectivity index (χ4n) is 1.39. The number of hydrogen-bond donors (Lipinski definition) is 14. The van der Waals surface area contributed by atoms with Gasteiger partial charge in [0.1, 0.15) is 42.7 Å². The van der Waals surface area contributed by atoms with Crippen LogP contribution in [0.4, 0.5) is 0 Å². The molecule has 9 atom stereocenters. The molecule has 0 saturated carbocycles. The van der Waals surface area contributed by atoms with Gasteiger partial charge in [-0.25, -0.2) is 9.59 Å². The molecule has 0 fully saturated rings. The Morgan fingerprint density at radius 3 is 0.886 bits per heavy atom. The maximum Gasteiger partial charge on any atom is 1.00 e. The summed E-state index contributed by atoms with van der Waals surface area (Å²) in [6, 6.07) is 0. The van der Waals surface area contributed by atoms with Crippen LogP contribution in [0, 0.1) is 0 Å². The summed E-state index contributed by atoms with van der Waals surface area (Å²) in [5, 5.41) is 128. The molecule has 0 aliphatic rings. The second-order valence-corrected chi connectivity index (χ2v) is 6.05. The first kappa shape index (κ1) is 44.1. The average molecular weight is 568 g/mol. The van der Waals surface area contributed by atoms with Gasteiger partial charge in [-0.15, -0.1) is 0 Å². The number of rotatable bonds is 12. The first-order valence-electron chi connectivity index (χ1n) is 8.63. The van der Waals surface area contributed by atoms with E-state index in [1.54, 1.807) is 0 Å². The van der Waals surface area contributed by atoms with Crippen molar-refractivity contribution in [3.05, 3.63) is 0 Å². The van der Waals surface area contributed by atoms with E-state index in [-0.39, 0.29) is 35.9 Å². The Bertz CT molecular complexity index is 494. The topological polar surface area (TPSA) is 357 Å². The summed E-state index contributed by atoms with van der Waals surface area (Å²) in [7, 11) is 0. The Hall–Kier alpha value is -0.953. The van der Waals surface area contributed by atoms with Crippen LogP contribution >= 0.6 is 0 Å². The summed E-state index contributed by atoms with van der Waals surface area (Å²) in [6.07, 6.45) is -16.9. The number of aliphatic carboxylic acids is 3.